The summed E-state index contributed by atoms with van der Waals surface area (Å²) in [5, 5.41) is 18.6. The van der Waals surface area contributed by atoms with E-state index in [1.54, 1.807) is 4.90 Å². The van der Waals surface area contributed by atoms with Crippen molar-refractivity contribution in [3.05, 3.63) is 35.9 Å². The first-order valence-corrected chi connectivity index (χ1v) is 9.03. The molecule has 0 bridgehead atoms. The Morgan fingerprint density at radius 2 is 1.96 bits per heavy atom. The first-order valence-electron chi connectivity index (χ1n) is 9.03. The molecule has 1 saturated heterocycles. The molecule has 1 aromatic carbocycles. The second kappa shape index (κ2) is 9.43. The van der Waals surface area contributed by atoms with Crippen LogP contribution in [-0.4, -0.2) is 63.5 Å². The number of hydrogen-bond donors (Lipinski definition) is 2. The maximum atomic E-state index is 12.6. The molecule has 0 spiro atoms. The molecule has 1 aliphatic heterocycles. The number of piperidine rings is 1. The van der Waals surface area contributed by atoms with Crippen LogP contribution in [0.25, 0.3) is 0 Å². The highest BCUT2D eigenvalue weighted by Gasteiger charge is 2.37. The van der Waals surface area contributed by atoms with Crippen molar-refractivity contribution in [1.82, 2.24) is 9.80 Å². The van der Waals surface area contributed by atoms with Crippen LogP contribution in [0.3, 0.4) is 0 Å². The third kappa shape index (κ3) is 5.11. The third-order valence-electron chi connectivity index (χ3n) is 4.76. The molecule has 1 unspecified atom stereocenters. The lowest BCUT2D eigenvalue weighted by Gasteiger charge is -2.43. The average Bonchev–Trinajstić information content (AvgIpc) is 2.62. The topological polar surface area (TPSA) is 90.3 Å². The molecule has 1 aliphatic rings. The fourth-order valence-electron chi connectivity index (χ4n) is 3.49. The smallest absolute Gasteiger partial charge is 0.410 e. The molecular formula is C19H28N2O5. The number of benzene rings is 1. The summed E-state index contributed by atoms with van der Waals surface area (Å²) in [6, 6.07) is 8.91. The summed E-state index contributed by atoms with van der Waals surface area (Å²) in [4.78, 5) is 27.2. The highest BCUT2D eigenvalue weighted by atomic mass is 16.6. The Morgan fingerprint density at radius 3 is 2.54 bits per heavy atom. The van der Waals surface area contributed by atoms with E-state index in [9.17, 15) is 14.7 Å². The van der Waals surface area contributed by atoms with E-state index in [1.165, 1.54) is 4.90 Å². The number of amides is 2. The summed E-state index contributed by atoms with van der Waals surface area (Å²) >= 11 is 0. The highest BCUT2D eigenvalue weighted by Crippen LogP contribution is 2.25. The molecule has 1 fully saturated rings. The molecule has 7 nitrogen and oxygen atoms in total. The molecule has 0 radical (unpaired) electrons. The number of rotatable bonds is 6. The number of ether oxygens (including phenoxy) is 1. The van der Waals surface area contributed by atoms with Crippen LogP contribution >= 0.6 is 0 Å². The Hall–Kier alpha value is -2.28. The fourth-order valence-corrected chi connectivity index (χ4v) is 3.49. The second-order valence-corrected chi connectivity index (χ2v) is 6.87. The number of aliphatic hydroxyl groups excluding tert-OH is 1. The first-order chi connectivity index (χ1) is 12.4. The van der Waals surface area contributed by atoms with Gasteiger partial charge in [0, 0.05) is 25.2 Å². The van der Waals surface area contributed by atoms with Gasteiger partial charge in [-0.3, -0.25) is 0 Å². The van der Waals surface area contributed by atoms with Crippen molar-refractivity contribution in [3.8, 4) is 0 Å². The van der Waals surface area contributed by atoms with Gasteiger partial charge in [0.1, 0.15) is 6.61 Å². The van der Waals surface area contributed by atoms with E-state index in [2.05, 4.69) is 0 Å². The summed E-state index contributed by atoms with van der Waals surface area (Å²) in [6.07, 6.45) is 0.271. The molecule has 0 aliphatic carbocycles. The van der Waals surface area contributed by atoms with Crippen molar-refractivity contribution in [2.45, 2.75) is 57.8 Å². The summed E-state index contributed by atoms with van der Waals surface area (Å²) < 4.78 is 5.46. The summed E-state index contributed by atoms with van der Waals surface area (Å²) in [5.74, 6) is 0. The summed E-state index contributed by atoms with van der Waals surface area (Å²) in [5.41, 5.74) is 0.906. The van der Waals surface area contributed by atoms with Crippen LogP contribution in [0.4, 0.5) is 9.59 Å². The molecule has 1 aromatic rings. The van der Waals surface area contributed by atoms with Gasteiger partial charge in [-0.15, -0.1) is 0 Å². The normalized spacial score (nSPS) is 20.1. The van der Waals surface area contributed by atoms with E-state index in [1.807, 2.05) is 44.2 Å². The van der Waals surface area contributed by atoms with E-state index in [4.69, 9.17) is 9.84 Å². The first kappa shape index (κ1) is 20.0. The maximum absolute atomic E-state index is 12.6. The zero-order valence-corrected chi connectivity index (χ0v) is 15.4. The molecular weight excluding hydrogens is 336 g/mol. The van der Waals surface area contributed by atoms with Crippen molar-refractivity contribution >= 4 is 12.2 Å². The van der Waals surface area contributed by atoms with Gasteiger partial charge in [0.2, 0.25) is 0 Å². The summed E-state index contributed by atoms with van der Waals surface area (Å²) in [6.45, 7) is 4.17. The van der Waals surface area contributed by atoms with Crippen molar-refractivity contribution in [2.75, 3.05) is 13.2 Å². The average molecular weight is 364 g/mol. The molecule has 2 amide bonds. The van der Waals surface area contributed by atoms with E-state index >= 15 is 0 Å². The molecule has 26 heavy (non-hydrogen) atoms. The molecule has 144 valence electrons. The van der Waals surface area contributed by atoms with Crippen molar-refractivity contribution in [1.29, 1.82) is 0 Å². The molecule has 2 rings (SSSR count). The SMILES string of the molecule is CC(C)N(C(=O)OCc1ccccc1)C1CC[C@H](CCO)N(C(=O)O)C1. The predicted molar refractivity (Wildman–Crippen MR) is 96.8 cm³/mol. The molecule has 7 heteroatoms. The number of carboxylic acid groups (broad SMARTS) is 1. The zero-order chi connectivity index (χ0) is 19.1. The zero-order valence-electron chi connectivity index (χ0n) is 15.4. The van der Waals surface area contributed by atoms with Gasteiger partial charge >= 0.3 is 12.2 Å². The molecule has 1 heterocycles. The van der Waals surface area contributed by atoms with E-state index in [-0.39, 0.29) is 37.9 Å². The largest absolute Gasteiger partial charge is 0.465 e. The Morgan fingerprint density at radius 1 is 1.27 bits per heavy atom. The summed E-state index contributed by atoms with van der Waals surface area (Å²) in [7, 11) is 0. The number of nitrogens with zero attached hydrogens (tertiary/aromatic N) is 2. The minimum atomic E-state index is -1.02. The lowest BCUT2D eigenvalue weighted by atomic mass is 9.95. The molecule has 2 N–H and O–H groups in total. The van der Waals surface area contributed by atoms with Gasteiger partial charge in [-0.2, -0.15) is 0 Å². The van der Waals surface area contributed by atoms with Gasteiger partial charge in [-0.05, 0) is 38.7 Å². The van der Waals surface area contributed by atoms with E-state index in [0.717, 1.165) is 5.56 Å². The van der Waals surface area contributed by atoms with E-state index in [0.29, 0.717) is 19.3 Å². The number of carbonyl (C=O) groups excluding carboxylic acids is 1. The van der Waals surface area contributed by atoms with Gasteiger partial charge in [0.25, 0.3) is 0 Å². The van der Waals surface area contributed by atoms with Gasteiger partial charge in [-0.25, -0.2) is 9.59 Å². The lowest BCUT2D eigenvalue weighted by Crippen LogP contribution is -2.56. The minimum absolute atomic E-state index is 0.0495. The van der Waals surface area contributed by atoms with Crippen molar-refractivity contribution < 1.29 is 24.5 Å². The Kier molecular flexibility index (Phi) is 7.26. The van der Waals surface area contributed by atoms with Crippen molar-refractivity contribution in [3.63, 3.8) is 0 Å². The number of aliphatic hydroxyl groups is 1. The van der Waals surface area contributed by atoms with E-state index < -0.39 is 12.2 Å². The maximum Gasteiger partial charge on any atom is 0.410 e. The predicted octanol–water partition coefficient (Wildman–Crippen LogP) is 2.93. The van der Waals surface area contributed by atoms with Crippen LogP contribution in [0, 0.1) is 0 Å². The van der Waals surface area contributed by atoms with Crippen LogP contribution in [0.15, 0.2) is 30.3 Å². The van der Waals surface area contributed by atoms with Gasteiger partial charge in [0.15, 0.2) is 0 Å². The molecule has 2 atom stereocenters. The van der Waals surface area contributed by atoms with Crippen LogP contribution in [0.5, 0.6) is 0 Å². The Balaban J connectivity index is 2.03. The quantitative estimate of drug-likeness (QED) is 0.810. The molecule has 0 aromatic heterocycles. The third-order valence-corrected chi connectivity index (χ3v) is 4.76. The fraction of sp³-hybridized carbons (Fsp3) is 0.579. The number of carbonyl (C=O) groups is 2. The highest BCUT2D eigenvalue weighted by molar-refractivity contribution is 5.69. The minimum Gasteiger partial charge on any atom is -0.465 e. The van der Waals surface area contributed by atoms with Gasteiger partial charge < -0.3 is 24.7 Å². The Bertz CT molecular complexity index is 593. The monoisotopic (exact) mass is 364 g/mol. The van der Waals surface area contributed by atoms with Crippen LogP contribution in [0.1, 0.15) is 38.7 Å². The Labute approximate surface area is 154 Å². The number of likely N-dealkylation sites (tertiary alicyclic amines) is 1. The van der Waals surface area contributed by atoms with Crippen molar-refractivity contribution in [2.24, 2.45) is 0 Å². The van der Waals surface area contributed by atoms with Gasteiger partial charge in [0.05, 0.1) is 6.04 Å². The molecule has 0 saturated carbocycles. The second-order valence-electron chi connectivity index (χ2n) is 6.87. The van der Waals surface area contributed by atoms with Gasteiger partial charge in [-0.1, -0.05) is 30.3 Å². The number of hydrogen-bond acceptors (Lipinski definition) is 4. The van der Waals surface area contributed by atoms with Crippen LogP contribution in [-0.2, 0) is 11.3 Å². The lowest BCUT2D eigenvalue weighted by molar-refractivity contribution is 0.0242. The van der Waals surface area contributed by atoms with Crippen LogP contribution in [0.2, 0.25) is 0 Å². The standard InChI is InChI=1S/C19H28N2O5/c1-14(2)21(19(25)26-13-15-6-4-3-5-7-15)17-9-8-16(10-11-22)20(12-17)18(23)24/h3-7,14,16-17,22H,8-13H2,1-2H3,(H,23,24)/t16-,17?/m1/s1. The van der Waals surface area contributed by atoms with Crippen LogP contribution < -0.4 is 0 Å².